The van der Waals surface area contributed by atoms with Crippen LogP contribution in [0.3, 0.4) is 0 Å². The van der Waals surface area contributed by atoms with Crippen LogP contribution >= 0.6 is 0 Å². The van der Waals surface area contributed by atoms with Gasteiger partial charge in [-0.1, -0.05) is 6.07 Å². The Hall–Kier alpha value is -3.28. The molecule has 6 nitrogen and oxygen atoms in total. The minimum absolute atomic E-state index is 0.150. The monoisotopic (exact) mass is 363 g/mol. The maximum atomic E-state index is 12.8. The Balaban J connectivity index is 1.74. The van der Waals surface area contributed by atoms with Gasteiger partial charge in [-0.15, -0.1) is 0 Å². The number of carbonyl (C=O) groups is 1. The van der Waals surface area contributed by atoms with E-state index in [9.17, 15) is 4.79 Å². The average Bonchev–Trinajstić information content (AvgIpc) is 3.14. The Morgan fingerprint density at radius 2 is 1.96 bits per heavy atom. The number of Topliss-reactive ketones (excluding diaryl/α,β-unsaturated/α-hetero) is 1. The molecule has 0 atom stereocenters. The first-order chi connectivity index (χ1) is 13.2. The van der Waals surface area contributed by atoms with Crippen molar-refractivity contribution in [2.75, 3.05) is 19.2 Å². The van der Waals surface area contributed by atoms with E-state index < -0.39 is 0 Å². The molecule has 0 saturated heterocycles. The van der Waals surface area contributed by atoms with Gasteiger partial charge in [0.05, 0.1) is 24.2 Å². The van der Waals surface area contributed by atoms with Gasteiger partial charge in [-0.25, -0.2) is 4.98 Å². The number of aromatic amines is 1. The van der Waals surface area contributed by atoms with Crippen molar-refractivity contribution in [1.82, 2.24) is 0 Å². The molecule has 6 heteroatoms. The molecule has 0 radical (unpaired) electrons. The third-order valence-corrected chi connectivity index (χ3v) is 5.07. The smallest absolute Gasteiger partial charge is 0.231 e. The molecule has 2 heterocycles. The number of H-pyrrole nitrogens is 1. The number of hydrogen-bond donors (Lipinski definition) is 1. The van der Waals surface area contributed by atoms with E-state index >= 15 is 0 Å². The van der Waals surface area contributed by atoms with Gasteiger partial charge in [-0.3, -0.25) is 4.79 Å². The van der Waals surface area contributed by atoms with Crippen molar-refractivity contribution in [2.24, 2.45) is 0 Å². The lowest BCUT2D eigenvalue weighted by Crippen LogP contribution is -2.24. The van der Waals surface area contributed by atoms with Gasteiger partial charge in [0.25, 0.3) is 0 Å². The highest BCUT2D eigenvalue weighted by Crippen LogP contribution is 2.40. The molecule has 5 rings (SSSR count). The molecular weight excluding hydrogens is 344 g/mol. The fourth-order valence-corrected chi connectivity index (χ4v) is 3.78. The van der Waals surface area contributed by atoms with E-state index in [1.54, 1.807) is 7.11 Å². The van der Waals surface area contributed by atoms with Gasteiger partial charge < -0.3 is 19.5 Å². The molecule has 3 aromatic rings. The summed E-state index contributed by atoms with van der Waals surface area (Å²) in [4.78, 5) is 16.2. The second-order valence-electron chi connectivity index (χ2n) is 6.74. The number of fused-ring (bicyclic) bond motifs is 3. The van der Waals surface area contributed by atoms with E-state index in [-0.39, 0.29) is 12.6 Å². The quantitative estimate of drug-likeness (QED) is 0.769. The van der Waals surface area contributed by atoms with Crippen LogP contribution in [0.5, 0.6) is 17.2 Å². The number of rotatable bonds is 3. The SMILES string of the molecule is COc1cccc(Nc2c3c([nH+]c4cc5c(cc24)OCO5)CCCC3=O)c1. The third kappa shape index (κ3) is 2.65. The van der Waals surface area contributed by atoms with Gasteiger partial charge >= 0.3 is 0 Å². The second kappa shape index (κ2) is 6.16. The molecule has 0 fully saturated rings. The number of aromatic nitrogens is 1. The summed E-state index contributed by atoms with van der Waals surface area (Å²) >= 11 is 0. The van der Waals surface area contributed by atoms with Gasteiger partial charge in [0.1, 0.15) is 11.3 Å². The Morgan fingerprint density at radius 3 is 2.81 bits per heavy atom. The summed E-state index contributed by atoms with van der Waals surface area (Å²) in [7, 11) is 1.64. The number of aryl methyl sites for hydroxylation is 1. The van der Waals surface area contributed by atoms with E-state index in [2.05, 4.69) is 10.3 Å². The zero-order valence-corrected chi connectivity index (χ0v) is 14.9. The van der Waals surface area contributed by atoms with Crippen LogP contribution in [0, 0.1) is 0 Å². The van der Waals surface area contributed by atoms with Crippen molar-refractivity contribution in [3.63, 3.8) is 0 Å². The second-order valence-corrected chi connectivity index (χ2v) is 6.74. The molecule has 1 aromatic heterocycles. The average molecular weight is 363 g/mol. The molecule has 0 spiro atoms. The normalized spacial score (nSPS) is 14.9. The molecule has 1 aliphatic carbocycles. The van der Waals surface area contributed by atoms with Crippen LogP contribution in [-0.4, -0.2) is 19.7 Å². The van der Waals surface area contributed by atoms with E-state index in [1.165, 1.54) is 0 Å². The minimum atomic E-state index is 0.150. The number of pyridine rings is 1. The van der Waals surface area contributed by atoms with E-state index in [4.69, 9.17) is 14.2 Å². The number of benzene rings is 2. The fraction of sp³-hybridized carbons (Fsp3) is 0.238. The molecule has 1 aliphatic heterocycles. The highest BCUT2D eigenvalue weighted by Gasteiger charge is 2.30. The van der Waals surface area contributed by atoms with Gasteiger partial charge in [-0.2, -0.15) is 0 Å². The molecule has 136 valence electrons. The summed E-state index contributed by atoms with van der Waals surface area (Å²) in [5.74, 6) is 2.31. The van der Waals surface area contributed by atoms with Crippen molar-refractivity contribution in [1.29, 1.82) is 0 Å². The zero-order valence-electron chi connectivity index (χ0n) is 14.9. The van der Waals surface area contributed by atoms with E-state index in [1.807, 2.05) is 36.4 Å². The first kappa shape index (κ1) is 15.9. The van der Waals surface area contributed by atoms with Gasteiger partial charge in [0, 0.05) is 30.7 Å². The van der Waals surface area contributed by atoms with E-state index in [0.717, 1.165) is 52.1 Å². The number of hydrogen-bond acceptors (Lipinski definition) is 5. The Kier molecular flexibility index (Phi) is 3.63. The van der Waals surface area contributed by atoms with Crippen LogP contribution in [0.25, 0.3) is 10.9 Å². The fourth-order valence-electron chi connectivity index (χ4n) is 3.78. The van der Waals surface area contributed by atoms with Crippen molar-refractivity contribution in [3.05, 3.63) is 47.7 Å². The maximum absolute atomic E-state index is 12.8. The van der Waals surface area contributed by atoms with Crippen LogP contribution in [0.4, 0.5) is 11.4 Å². The lowest BCUT2D eigenvalue weighted by molar-refractivity contribution is -0.358. The standard InChI is InChI=1S/C21H18N2O4/c1-25-13-5-2-4-12(8-13)22-21-14-9-18-19(27-11-26-18)10-16(14)23-15-6-3-7-17(24)20(15)21/h2,4-5,8-10H,3,6-7,11H2,1H3,(H,22,23)/p+1. The van der Waals surface area contributed by atoms with Crippen molar-refractivity contribution in [2.45, 2.75) is 19.3 Å². The van der Waals surface area contributed by atoms with E-state index in [0.29, 0.717) is 17.9 Å². The Bertz CT molecular complexity index is 1080. The van der Waals surface area contributed by atoms with Crippen LogP contribution < -0.4 is 24.5 Å². The summed E-state index contributed by atoms with van der Waals surface area (Å²) in [6.45, 7) is 0.211. The number of methoxy groups -OCH3 is 1. The van der Waals surface area contributed by atoms with Crippen LogP contribution in [-0.2, 0) is 6.42 Å². The number of ether oxygens (including phenoxy) is 3. The summed E-state index contributed by atoms with van der Waals surface area (Å²) in [6, 6.07) is 11.5. The lowest BCUT2D eigenvalue weighted by atomic mass is 9.91. The molecule has 0 saturated carbocycles. The topological polar surface area (TPSA) is 70.9 Å². The highest BCUT2D eigenvalue weighted by molar-refractivity contribution is 6.10. The molecule has 27 heavy (non-hydrogen) atoms. The summed E-state index contributed by atoms with van der Waals surface area (Å²) in [6.07, 6.45) is 2.26. The van der Waals surface area contributed by atoms with Crippen molar-refractivity contribution in [3.8, 4) is 17.2 Å². The van der Waals surface area contributed by atoms with Crippen LogP contribution in [0.15, 0.2) is 36.4 Å². The third-order valence-electron chi connectivity index (χ3n) is 5.07. The van der Waals surface area contributed by atoms with Gasteiger partial charge in [0.15, 0.2) is 23.0 Å². The van der Waals surface area contributed by atoms with Gasteiger partial charge in [0.2, 0.25) is 12.3 Å². The first-order valence-electron chi connectivity index (χ1n) is 8.99. The molecule has 0 amide bonds. The number of ketones is 1. The summed E-state index contributed by atoms with van der Waals surface area (Å²) in [5, 5.41) is 4.35. The summed E-state index contributed by atoms with van der Waals surface area (Å²) in [5.41, 5.74) is 4.27. The molecule has 2 N–H and O–H groups in total. The Labute approximate surface area is 156 Å². The predicted octanol–water partition coefficient (Wildman–Crippen LogP) is 3.65. The first-order valence-corrected chi connectivity index (χ1v) is 8.99. The molecule has 0 bridgehead atoms. The molecule has 2 aromatic carbocycles. The highest BCUT2D eigenvalue weighted by atomic mass is 16.7. The van der Waals surface area contributed by atoms with Crippen LogP contribution in [0.1, 0.15) is 28.9 Å². The molecule has 0 unspecified atom stereocenters. The number of nitrogens with one attached hydrogen (secondary N) is 2. The Morgan fingerprint density at radius 1 is 1.11 bits per heavy atom. The maximum Gasteiger partial charge on any atom is 0.231 e. The molecule has 2 aliphatic rings. The number of anilines is 2. The van der Waals surface area contributed by atoms with Gasteiger partial charge in [-0.05, 0) is 18.6 Å². The van der Waals surface area contributed by atoms with Crippen molar-refractivity contribution < 1.29 is 24.0 Å². The lowest BCUT2D eigenvalue weighted by Gasteiger charge is -2.18. The largest absolute Gasteiger partial charge is 0.497 e. The minimum Gasteiger partial charge on any atom is -0.497 e. The predicted molar refractivity (Wildman–Crippen MR) is 100 cm³/mol. The molecular formula is C21H19N2O4+. The van der Waals surface area contributed by atoms with Crippen LogP contribution in [0.2, 0.25) is 0 Å². The number of carbonyl (C=O) groups excluding carboxylic acids is 1. The zero-order chi connectivity index (χ0) is 18.4. The van der Waals surface area contributed by atoms with Crippen molar-refractivity contribution >= 4 is 28.1 Å². The summed E-state index contributed by atoms with van der Waals surface area (Å²) < 4.78 is 16.4.